The van der Waals surface area contributed by atoms with Crippen molar-refractivity contribution in [3.63, 3.8) is 0 Å². The van der Waals surface area contributed by atoms with Gasteiger partial charge in [0.05, 0.1) is 27.8 Å². The van der Waals surface area contributed by atoms with E-state index >= 15 is 0 Å². The largest absolute Gasteiger partial charge is 0.393 e. The predicted octanol–water partition coefficient (Wildman–Crippen LogP) is 4.23. The third kappa shape index (κ3) is 9.61. The number of aliphatic hydroxyl groups excluding tert-OH is 1. The van der Waals surface area contributed by atoms with Crippen molar-refractivity contribution in [1.82, 2.24) is 0 Å². The summed E-state index contributed by atoms with van der Waals surface area (Å²) in [6.45, 7) is 12.8. The summed E-state index contributed by atoms with van der Waals surface area (Å²) in [5.41, 5.74) is 0. The van der Waals surface area contributed by atoms with Gasteiger partial charge in [0.1, 0.15) is 5.78 Å². The molecule has 2 radical (unpaired) electrons. The van der Waals surface area contributed by atoms with Gasteiger partial charge >= 0.3 is 0 Å². The minimum atomic E-state index is -0.731. The van der Waals surface area contributed by atoms with Gasteiger partial charge in [0.2, 0.25) is 0 Å². The normalized spacial score (nSPS) is 20.2. The Morgan fingerprint density at radius 1 is 1.07 bits per heavy atom. The summed E-state index contributed by atoms with van der Waals surface area (Å²) < 4.78 is 4.90. The zero-order valence-electron chi connectivity index (χ0n) is 17.6. The Hall–Kier alpha value is 0.370. The molecule has 1 saturated heterocycles. The number of rotatable bonds is 4. The fraction of sp³-hybridized carbons (Fsp3) is 0.667. The molecule has 1 fully saturated rings. The van der Waals surface area contributed by atoms with Crippen molar-refractivity contribution in [2.45, 2.75) is 83.3 Å². The molecule has 0 amide bonds. The summed E-state index contributed by atoms with van der Waals surface area (Å²) >= 11 is 0. The first-order chi connectivity index (χ1) is 11.5. The Labute approximate surface area is 190 Å². The van der Waals surface area contributed by atoms with E-state index in [9.17, 15) is 4.79 Å². The number of carbonyl (C=O) groups is 1. The fourth-order valence-electron chi connectivity index (χ4n) is 4.10. The average Bonchev–Trinajstić information content (AvgIpc) is 2.45. The van der Waals surface area contributed by atoms with E-state index in [1.54, 1.807) is 14.0 Å². The number of methoxy groups -OCH3 is 1. The van der Waals surface area contributed by atoms with Gasteiger partial charge in [0.25, 0.3) is 0 Å². The number of ether oxygens (including phenoxy) is 1. The number of hydrogen-bond acceptors (Lipinski definition) is 3. The summed E-state index contributed by atoms with van der Waals surface area (Å²) in [4.78, 5) is 11.9. The molecular weight excluding hydrogens is 493 g/mol. The second-order valence-electron chi connectivity index (χ2n) is 8.53. The van der Waals surface area contributed by atoms with E-state index in [4.69, 9.17) is 9.84 Å². The molecular formula is C21H36CoO3PRh+. The number of ketones is 1. The predicted molar refractivity (Wildman–Crippen MR) is 110 cm³/mol. The van der Waals surface area contributed by atoms with Crippen molar-refractivity contribution in [3.8, 4) is 0 Å². The molecule has 1 aromatic carbocycles. The van der Waals surface area contributed by atoms with Crippen molar-refractivity contribution < 1.29 is 50.9 Å². The molecule has 1 N–H and O–H groups in total. The van der Waals surface area contributed by atoms with E-state index in [1.165, 1.54) is 5.30 Å². The number of benzene rings is 1. The van der Waals surface area contributed by atoms with Crippen LogP contribution in [0.3, 0.4) is 0 Å². The second kappa shape index (κ2) is 12.8. The van der Waals surface area contributed by atoms with Crippen LogP contribution in [0.4, 0.5) is 0 Å². The second-order valence-corrected chi connectivity index (χ2v) is 12.6. The molecule has 6 heteroatoms. The molecule has 0 bridgehead atoms. The molecule has 0 spiro atoms. The van der Waals surface area contributed by atoms with Crippen molar-refractivity contribution in [2.24, 2.45) is 0 Å². The number of carbonyl (C=O) groups excluding carboxylic acids is 1. The van der Waals surface area contributed by atoms with Gasteiger partial charge in [-0.3, -0.25) is 4.79 Å². The van der Waals surface area contributed by atoms with Crippen LogP contribution in [0.15, 0.2) is 30.3 Å². The van der Waals surface area contributed by atoms with Gasteiger partial charge in [-0.2, -0.15) is 0 Å². The summed E-state index contributed by atoms with van der Waals surface area (Å²) in [7, 11) is 0.914. The first-order valence-corrected chi connectivity index (χ1v) is 10.7. The van der Waals surface area contributed by atoms with Crippen LogP contribution in [0.5, 0.6) is 0 Å². The Kier molecular flexibility index (Phi) is 14.1. The number of aliphatic hydroxyl groups is 1. The molecule has 160 valence electrons. The first-order valence-electron chi connectivity index (χ1n) is 9.15. The topological polar surface area (TPSA) is 46.5 Å². The summed E-state index contributed by atoms with van der Waals surface area (Å²) in [5.74, 6) is 0.435. The third-order valence-corrected chi connectivity index (χ3v) is 8.74. The minimum Gasteiger partial charge on any atom is -0.393 e. The van der Waals surface area contributed by atoms with Crippen LogP contribution in [0.2, 0.25) is 0 Å². The molecule has 27 heavy (non-hydrogen) atoms. The van der Waals surface area contributed by atoms with Gasteiger partial charge in [-0.25, -0.2) is 0 Å². The van der Waals surface area contributed by atoms with Crippen LogP contribution in [-0.2, 0) is 45.8 Å². The van der Waals surface area contributed by atoms with Crippen LogP contribution in [0, 0.1) is 0 Å². The maximum atomic E-state index is 11.9. The van der Waals surface area contributed by atoms with Gasteiger partial charge < -0.3 is 9.84 Å². The molecule has 0 aromatic heterocycles. The summed E-state index contributed by atoms with van der Waals surface area (Å²) in [6, 6.07) is 10.8. The molecule has 1 aliphatic rings. The smallest absolute Gasteiger partial charge is 0.141 e. The standard InChI is InChI=1S/C15H21OP.C6H14O2.Co.Rh/c1-14(2)10-12(16)11-15(3,4)17(14)13-8-6-5-7-9-13;1-5(7)4-6(2)8-3;;/h5-9H,10-11H2,1-4H3;5-7H,4H2,1-3H3;;/p+1. The van der Waals surface area contributed by atoms with E-state index in [1.807, 2.05) is 6.92 Å². The van der Waals surface area contributed by atoms with Crippen molar-refractivity contribution in [2.75, 3.05) is 7.11 Å². The maximum absolute atomic E-state index is 11.9. The summed E-state index contributed by atoms with van der Waals surface area (Å²) in [6.07, 6.45) is 2.15. The van der Waals surface area contributed by atoms with E-state index in [-0.39, 0.29) is 58.8 Å². The van der Waals surface area contributed by atoms with Gasteiger partial charge in [-0.15, -0.1) is 0 Å². The quantitative estimate of drug-likeness (QED) is 0.469. The zero-order valence-corrected chi connectivity index (χ0v) is 21.3. The minimum absolute atomic E-state index is 0. The van der Waals surface area contributed by atoms with Crippen LogP contribution < -0.4 is 5.30 Å². The van der Waals surface area contributed by atoms with Gasteiger partial charge in [0.15, 0.2) is 0 Å². The molecule has 1 aliphatic heterocycles. The zero-order chi connectivity index (χ0) is 19.3. The molecule has 2 atom stereocenters. The van der Waals surface area contributed by atoms with Crippen molar-refractivity contribution >= 4 is 19.0 Å². The first kappa shape index (κ1) is 29.6. The molecule has 1 heterocycles. The summed E-state index contributed by atoms with van der Waals surface area (Å²) in [5, 5.41) is 10.6. The SMILES string of the molecule is CC1(C)CC(=O)CC(C)(C)[PH+]1c1ccccc1.COC(C)CC(C)O.[Co].[Rh]. The van der Waals surface area contributed by atoms with Gasteiger partial charge in [0, 0.05) is 64.1 Å². The van der Waals surface area contributed by atoms with Crippen LogP contribution in [0.1, 0.15) is 60.8 Å². The monoisotopic (exact) mass is 529 g/mol. The van der Waals surface area contributed by atoms with E-state index in [0.717, 1.165) is 19.3 Å². The Balaban J connectivity index is 0. The van der Waals surface area contributed by atoms with Gasteiger partial charge in [-0.1, -0.05) is 18.2 Å². The Morgan fingerprint density at radius 3 is 1.85 bits per heavy atom. The van der Waals surface area contributed by atoms with Crippen molar-refractivity contribution in [3.05, 3.63) is 30.3 Å². The van der Waals surface area contributed by atoms with E-state index < -0.39 is 7.92 Å². The van der Waals surface area contributed by atoms with E-state index in [2.05, 4.69) is 58.0 Å². The molecule has 0 saturated carbocycles. The van der Waals surface area contributed by atoms with Crippen LogP contribution in [0.25, 0.3) is 0 Å². The third-order valence-electron chi connectivity index (χ3n) is 4.77. The number of hydrogen-bond donors (Lipinski definition) is 1. The molecule has 2 unspecified atom stereocenters. The van der Waals surface area contributed by atoms with Crippen LogP contribution >= 0.6 is 7.92 Å². The van der Waals surface area contributed by atoms with Crippen LogP contribution in [-0.4, -0.2) is 40.5 Å². The number of Topliss-reactive ketones (excluding diaryl/α,β-unsaturated/α-hetero) is 1. The molecule has 1 aromatic rings. The van der Waals surface area contributed by atoms with Gasteiger partial charge in [-0.05, 0) is 60.1 Å². The Morgan fingerprint density at radius 2 is 1.52 bits per heavy atom. The fourth-order valence-corrected chi connectivity index (χ4v) is 8.77. The average molecular weight is 529 g/mol. The Bertz CT molecular complexity index is 530. The molecule has 0 aliphatic carbocycles. The molecule has 3 nitrogen and oxygen atoms in total. The van der Waals surface area contributed by atoms with Crippen molar-refractivity contribution in [1.29, 1.82) is 0 Å². The molecule has 2 rings (SSSR count). The maximum Gasteiger partial charge on any atom is 0.141 e. The van der Waals surface area contributed by atoms with E-state index in [0.29, 0.717) is 5.78 Å².